The van der Waals surface area contributed by atoms with Gasteiger partial charge in [0.1, 0.15) is 4.90 Å². The molecule has 1 aliphatic rings. The van der Waals surface area contributed by atoms with Crippen molar-refractivity contribution < 1.29 is 18.3 Å². The van der Waals surface area contributed by atoms with Crippen molar-refractivity contribution in [1.82, 2.24) is 0 Å². The number of benzene rings is 2. The summed E-state index contributed by atoms with van der Waals surface area (Å²) < 4.78 is 27.8. The molecule has 26 heavy (non-hydrogen) atoms. The normalized spacial score (nSPS) is 14.0. The summed E-state index contributed by atoms with van der Waals surface area (Å²) in [5.74, 6) is -1.18. The summed E-state index contributed by atoms with van der Waals surface area (Å²) in [5, 5.41) is 9.66. The Hall–Kier alpha value is -1.47. The summed E-state index contributed by atoms with van der Waals surface area (Å²) in [6, 6.07) is 5.59. The Morgan fingerprint density at radius 1 is 1.00 bits per heavy atom. The summed E-state index contributed by atoms with van der Waals surface area (Å²) in [7, 11) is -4.15. The molecule has 0 amide bonds. The third-order valence-corrected chi connectivity index (χ3v) is 6.81. The number of aromatic carboxylic acids is 1. The number of carbonyl (C=O) groups is 1. The van der Waals surface area contributed by atoms with Crippen molar-refractivity contribution in [2.24, 2.45) is 0 Å². The van der Waals surface area contributed by atoms with Crippen LogP contribution in [0.2, 0.25) is 15.1 Å². The van der Waals surface area contributed by atoms with Gasteiger partial charge in [0.05, 0.1) is 26.3 Å². The van der Waals surface area contributed by atoms with Crippen LogP contribution < -0.4 is 4.72 Å². The number of sulfonamides is 1. The highest BCUT2D eigenvalue weighted by atomic mass is 35.5. The molecular formula is C17H14Cl3NO4S. The number of carboxylic acids is 1. The van der Waals surface area contributed by atoms with Crippen LogP contribution in [0.4, 0.5) is 5.69 Å². The third kappa shape index (κ3) is 3.64. The number of hydrogen-bond acceptors (Lipinski definition) is 3. The molecule has 0 fully saturated rings. The monoisotopic (exact) mass is 433 g/mol. The summed E-state index contributed by atoms with van der Waals surface area (Å²) >= 11 is 17.7. The van der Waals surface area contributed by atoms with E-state index >= 15 is 0 Å². The minimum Gasteiger partial charge on any atom is -0.478 e. The lowest BCUT2D eigenvalue weighted by atomic mass is 9.87. The standard InChI is InChI=1S/C17H14Cl3NO4S/c18-11-7-13(20)15(8-12(11)19)26(24,25)21-14-6-5-9-3-1-2-4-10(9)16(14)17(22)23/h5-8,21H,1-4H2,(H,22,23). The van der Waals surface area contributed by atoms with Crippen LogP contribution in [0, 0.1) is 0 Å². The Balaban J connectivity index is 2.09. The first-order valence-corrected chi connectivity index (χ1v) is 10.4. The van der Waals surface area contributed by atoms with E-state index in [1.54, 1.807) is 6.07 Å². The zero-order valence-corrected chi connectivity index (χ0v) is 16.4. The summed E-state index contributed by atoms with van der Waals surface area (Å²) in [6.07, 6.45) is 3.22. The fourth-order valence-corrected chi connectivity index (χ4v) is 5.14. The molecule has 5 nitrogen and oxygen atoms in total. The molecule has 0 atom stereocenters. The lowest BCUT2D eigenvalue weighted by molar-refractivity contribution is 0.0696. The number of aryl methyl sites for hydroxylation is 1. The summed E-state index contributed by atoms with van der Waals surface area (Å²) in [6.45, 7) is 0. The van der Waals surface area contributed by atoms with Gasteiger partial charge < -0.3 is 5.11 Å². The van der Waals surface area contributed by atoms with Crippen LogP contribution in [0.25, 0.3) is 0 Å². The lowest BCUT2D eigenvalue weighted by Crippen LogP contribution is -2.19. The summed E-state index contributed by atoms with van der Waals surface area (Å²) in [4.78, 5) is 11.5. The van der Waals surface area contributed by atoms with Gasteiger partial charge in [-0.25, -0.2) is 13.2 Å². The molecule has 138 valence electrons. The molecule has 1 aliphatic carbocycles. The van der Waals surface area contributed by atoms with E-state index in [1.807, 2.05) is 0 Å². The van der Waals surface area contributed by atoms with Crippen molar-refractivity contribution in [3.63, 3.8) is 0 Å². The Labute approximate surface area is 165 Å². The minimum atomic E-state index is -4.15. The molecule has 2 aromatic carbocycles. The van der Waals surface area contributed by atoms with E-state index in [0.29, 0.717) is 12.0 Å². The molecule has 0 spiro atoms. The quantitative estimate of drug-likeness (QED) is 0.661. The molecule has 0 bridgehead atoms. The van der Waals surface area contributed by atoms with Gasteiger partial charge in [0.25, 0.3) is 10.0 Å². The fourth-order valence-electron chi connectivity index (χ4n) is 3.07. The molecule has 2 N–H and O–H groups in total. The molecule has 2 aromatic rings. The summed E-state index contributed by atoms with van der Waals surface area (Å²) in [5.41, 5.74) is 1.58. The van der Waals surface area contributed by atoms with Crippen LogP contribution in [-0.2, 0) is 22.9 Å². The van der Waals surface area contributed by atoms with Crippen LogP contribution >= 0.6 is 34.8 Å². The van der Waals surface area contributed by atoms with Crippen molar-refractivity contribution >= 4 is 56.5 Å². The second-order valence-electron chi connectivity index (χ2n) is 5.94. The zero-order chi connectivity index (χ0) is 19.1. The number of anilines is 1. The van der Waals surface area contributed by atoms with Crippen molar-refractivity contribution in [1.29, 1.82) is 0 Å². The topological polar surface area (TPSA) is 83.5 Å². The fraction of sp³-hybridized carbons (Fsp3) is 0.235. The van der Waals surface area contributed by atoms with Crippen molar-refractivity contribution in [3.05, 3.63) is 56.0 Å². The molecular weight excluding hydrogens is 421 g/mol. The Bertz CT molecular complexity index is 1010. The number of rotatable bonds is 4. The Morgan fingerprint density at radius 3 is 2.35 bits per heavy atom. The van der Waals surface area contributed by atoms with Gasteiger partial charge in [0.2, 0.25) is 0 Å². The predicted octanol–water partition coefficient (Wildman–Crippen LogP) is 5.02. The van der Waals surface area contributed by atoms with Crippen LogP contribution in [0.3, 0.4) is 0 Å². The van der Waals surface area contributed by atoms with Crippen LogP contribution in [0.15, 0.2) is 29.2 Å². The van der Waals surface area contributed by atoms with Gasteiger partial charge >= 0.3 is 5.97 Å². The van der Waals surface area contributed by atoms with E-state index in [1.165, 1.54) is 12.1 Å². The largest absolute Gasteiger partial charge is 0.478 e. The first kappa shape index (κ1) is 19.3. The number of fused-ring (bicyclic) bond motifs is 1. The SMILES string of the molecule is O=C(O)c1c(NS(=O)(=O)c2cc(Cl)c(Cl)cc2Cl)ccc2c1CCCC2. The third-order valence-electron chi connectivity index (χ3n) is 4.26. The number of hydrogen-bond donors (Lipinski definition) is 2. The average Bonchev–Trinajstić information content (AvgIpc) is 2.57. The Morgan fingerprint density at radius 2 is 1.65 bits per heavy atom. The smallest absolute Gasteiger partial charge is 0.338 e. The van der Waals surface area contributed by atoms with E-state index in [-0.39, 0.29) is 31.2 Å². The highest BCUT2D eigenvalue weighted by Crippen LogP contribution is 2.35. The second-order valence-corrected chi connectivity index (χ2v) is 8.81. The van der Waals surface area contributed by atoms with Gasteiger partial charge in [-0.2, -0.15) is 0 Å². The number of carboxylic acid groups (broad SMARTS) is 1. The zero-order valence-electron chi connectivity index (χ0n) is 13.4. The molecule has 0 radical (unpaired) electrons. The molecule has 0 aromatic heterocycles. The molecule has 0 saturated carbocycles. The number of halogens is 3. The second kappa shape index (κ2) is 7.27. The van der Waals surface area contributed by atoms with Gasteiger partial charge in [0, 0.05) is 0 Å². The Kier molecular flexibility index (Phi) is 5.40. The van der Waals surface area contributed by atoms with Gasteiger partial charge in [-0.15, -0.1) is 0 Å². The average molecular weight is 435 g/mol. The van der Waals surface area contributed by atoms with Gasteiger partial charge in [0.15, 0.2) is 0 Å². The van der Waals surface area contributed by atoms with E-state index in [2.05, 4.69) is 4.72 Å². The number of nitrogens with one attached hydrogen (secondary N) is 1. The highest BCUT2D eigenvalue weighted by molar-refractivity contribution is 7.92. The van der Waals surface area contributed by atoms with Gasteiger partial charge in [-0.3, -0.25) is 4.72 Å². The molecule has 0 saturated heterocycles. The van der Waals surface area contributed by atoms with Crippen LogP contribution in [-0.4, -0.2) is 19.5 Å². The van der Waals surface area contributed by atoms with Crippen LogP contribution in [0.5, 0.6) is 0 Å². The van der Waals surface area contributed by atoms with Gasteiger partial charge in [-0.1, -0.05) is 40.9 Å². The maximum absolute atomic E-state index is 12.7. The molecule has 0 heterocycles. The first-order chi connectivity index (χ1) is 12.2. The lowest BCUT2D eigenvalue weighted by Gasteiger charge is -2.21. The highest BCUT2D eigenvalue weighted by Gasteiger charge is 2.26. The van der Waals surface area contributed by atoms with E-state index < -0.39 is 16.0 Å². The van der Waals surface area contributed by atoms with Crippen LogP contribution in [0.1, 0.15) is 34.3 Å². The molecule has 0 unspecified atom stereocenters. The maximum Gasteiger partial charge on any atom is 0.338 e. The van der Waals surface area contributed by atoms with E-state index in [0.717, 1.165) is 30.9 Å². The molecule has 9 heteroatoms. The first-order valence-electron chi connectivity index (χ1n) is 7.76. The van der Waals surface area contributed by atoms with E-state index in [4.69, 9.17) is 34.8 Å². The van der Waals surface area contributed by atoms with Crippen molar-refractivity contribution in [3.8, 4) is 0 Å². The van der Waals surface area contributed by atoms with Gasteiger partial charge in [-0.05, 0) is 55.0 Å². The molecule has 3 rings (SSSR count). The minimum absolute atomic E-state index is 0.000268. The van der Waals surface area contributed by atoms with E-state index in [9.17, 15) is 18.3 Å². The van der Waals surface area contributed by atoms with Crippen molar-refractivity contribution in [2.75, 3.05) is 4.72 Å². The molecule has 0 aliphatic heterocycles. The maximum atomic E-state index is 12.7. The predicted molar refractivity (Wildman–Crippen MR) is 102 cm³/mol. The van der Waals surface area contributed by atoms with Crippen molar-refractivity contribution in [2.45, 2.75) is 30.6 Å².